The number of thioether (sulfide) groups is 1. The molecule has 2 rings (SSSR count). The molecule has 0 aliphatic carbocycles. The summed E-state index contributed by atoms with van der Waals surface area (Å²) in [4.78, 5) is 18.3. The summed E-state index contributed by atoms with van der Waals surface area (Å²) in [5, 5.41) is 9.81. The lowest BCUT2D eigenvalue weighted by Gasteiger charge is -2.32. The van der Waals surface area contributed by atoms with Crippen molar-refractivity contribution in [3.8, 4) is 0 Å². The van der Waals surface area contributed by atoms with Gasteiger partial charge in [0.15, 0.2) is 0 Å². The highest BCUT2D eigenvalue weighted by molar-refractivity contribution is 7.98. The van der Waals surface area contributed by atoms with Gasteiger partial charge >= 0.3 is 0 Å². The van der Waals surface area contributed by atoms with Gasteiger partial charge in [-0.25, -0.2) is 4.98 Å². The SMILES string of the molecule is CSc1ncccc1C(=O)N1CCOC(CO)C1. The largest absolute Gasteiger partial charge is 0.394 e. The number of rotatable bonds is 3. The van der Waals surface area contributed by atoms with Crippen molar-refractivity contribution in [3.63, 3.8) is 0 Å². The van der Waals surface area contributed by atoms with E-state index in [9.17, 15) is 4.79 Å². The quantitative estimate of drug-likeness (QED) is 0.815. The number of amides is 1. The van der Waals surface area contributed by atoms with Crippen LogP contribution in [0.5, 0.6) is 0 Å². The summed E-state index contributed by atoms with van der Waals surface area (Å²) in [5.41, 5.74) is 0.614. The van der Waals surface area contributed by atoms with Crippen LogP contribution in [0.2, 0.25) is 0 Å². The van der Waals surface area contributed by atoms with Gasteiger partial charge in [-0.3, -0.25) is 4.79 Å². The lowest BCUT2D eigenvalue weighted by atomic mass is 10.2. The van der Waals surface area contributed by atoms with E-state index < -0.39 is 0 Å². The molecule has 1 N–H and O–H groups in total. The van der Waals surface area contributed by atoms with Crippen LogP contribution >= 0.6 is 11.8 Å². The van der Waals surface area contributed by atoms with Gasteiger partial charge < -0.3 is 14.7 Å². The zero-order valence-corrected chi connectivity index (χ0v) is 11.0. The van der Waals surface area contributed by atoms with Crippen molar-refractivity contribution in [1.82, 2.24) is 9.88 Å². The van der Waals surface area contributed by atoms with Crippen LogP contribution in [0, 0.1) is 0 Å². The molecule has 1 saturated heterocycles. The molecule has 98 valence electrons. The Kier molecular flexibility index (Phi) is 4.57. The normalized spacial score (nSPS) is 19.9. The maximum atomic E-state index is 12.4. The number of carbonyl (C=O) groups excluding carboxylic acids is 1. The van der Waals surface area contributed by atoms with E-state index in [0.717, 1.165) is 5.03 Å². The zero-order chi connectivity index (χ0) is 13.0. The van der Waals surface area contributed by atoms with Crippen molar-refractivity contribution in [3.05, 3.63) is 23.9 Å². The molecule has 6 heteroatoms. The number of hydrogen-bond acceptors (Lipinski definition) is 5. The average molecular weight is 268 g/mol. The van der Waals surface area contributed by atoms with E-state index in [0.29, 0.717) is 25.3 Å². The number of carbonyl (C=O) groups is 1. The molecular weight excluding hydrogens is 252 g/mol. The molecule has 0 radical (unpaired) electrons. The van der Waals surface area contributed by atoms with Gasteiger partial charge in [-0.2, -0.15) is 0 Å². The number of pyridine rings is 1. The van der Waals surface area contributed by atoms with Crippen LogP contribution < -0.4 is 0 Å². The average Bonchev–Trinajstić information content (AvgIpc) is 2.46. The van der Waals surface area contributed by atoms with Crippen LogP contribution in [-0.4, -0.2) is 59.6 Å². The highest BCUT2D eigenvalue weighted by Gasteiger charge is 2.25. The first-order valence-electron chi connectivity index (χ1n) is 5.77. The van der Waals surface area contributed by atoms with Gasteiger partial charge in [0.05, 0.1) is 24.9 Å². The van der Waals surface area contributed by atoms with E-state index in [1.807, 2.05) is 6.26 Å². The molecule has 0 saturated carbocycles. The first-order chi connectivity index (χ1) is 8.76. The van der Waals surface area contributed by atoms with E-state index >= 15 is 0 Å². The predicted molar refractivity (Wildman–Crippen MR) is 68.7 cm³/mol. The van der Waals surface area contributed by atoms with Gasteiger partial charge in [-0.05, 0) is 18.4 Å². The number of aliphatic hydroxyl groups excluding tert-OH is 1. The summed E-state index contributed by atoms with van der Waals surface area (Å²) in [6.07, 6.45) is 3.30. The van der Waals surface area contributed by atoms with Crippen molar-refractivity contribution in [1.29, 1.82) is 0 Å². The molecule has 1 fully saturated rings. The Balaban J connectivity index is 2.15. The van der Waals surface area contributed by atoms with Crippen LogP contribution in [0.4, 0.5) is 0 Å². The minimum atomic E-state index is -0.280. The van der Waals surface area contributed by atoms with Crippen LogP contribution in [0.25, 0.3) is 0 Å². The molecule has 0 aromatic carbocycles. The Hall–Kier alpha value is -1.11. The summed E-state index contributed by atoms with van der Waals surface area (Å²) in [6, 6.07) is 3.54. The fourth-order valence-corrected chi connectivity index (χ4v) is 2.44. The summed E-state index contributed by atoms with van der Waals surface area (Å²) in [5.74, 6) is -0.0470. The summed E-state index contributed by atoms with van der Waals surface area (Å²) < 4.78 is 5.34. The highest BCUT2D eigenvalue weighted by atomic mass is 32.2. The van der Waals surface area contributed by atoms with Crippen LogP contribution in [-0.2, 0) is 4.74 Å². The smallest absolute Gasteiger partial charge is 0.256 e. The molecule has 5 nitrogen and oxygen atoms in total. The number of ether oxygens (including phenoxy) is 1. The van der Waals surface area contributed by atoms with E-state index in [-0.39, 0.29) is 18.6 Å². The predicted octanol–water partition coefficient (Wildman–Crippen LogP) is 0.637. The number of aliphatic hydroxyl groups is 1. The van der Waals surface area contributed by atoms with E-state index in [2.05, 4.69) is 4.98 Å². The van der Waals surface area contributed by atoms with Crippen molar-refractivity contribution in [2.75, 3.05) is 32.6 Å². The van der Waals surface area contributed by atoms with Crippen molar-refractivity contribution in [2.45, 2.75) is 11.1 Å². The van der Waals surface area contributed by atoms with Gasteiger partial charge in [-0.1, -0.05) is 0 Å². The summed E-state index contributed by atoms with van der Waals surface area (Å²) in [7, 11) is 0. The third kappa shape index (κ3) is 2.82. The molecule has 1 aromatic rings. The fourth-order valence-electron chi connectivity index (χ4n) is 1.90. The molecule has 1 aliphatic rings. The molecule has 18 heavy (non-hydrogen) atoms. The minimum Gasteiger partial charge on any atom is -0.394 e. The zero-order valence-electron chi connectivity index (χ0n) is 10.2. The molecule has 2 heterocycles. The second-order valence-electron chi connectivity index (χ2n) is 3.99. The number of nitrogens with zero attached hydrogens (tertiary/aromatic N) is 2. The molecule has 1 atom stereocenters. The second kappa shape index (κ2) is 6.17. The minimum absolute atomic E-state index is 0.0470. The van der Waals surface area contributed by atoms with E-state index in [1.165, 1.54) is 11.8 Å². The van der Waals surface area contributed by atoms with E-state index in [1.54, 1.807) is 23.2 Å². The third-order valence-electron chi connectivity index (χ3n) is 2.82. The maximum Gasteiger partial charge on any atom is 0.256 e. The van der Waals surface area contributed by atoms with Gasteiger partial charge in [-0.15, -0.1) is 11.8 Å². The molecule has 0 bridgehead atoms. The molecule has 1 amide bonds. The van der Waals surface area contributed by atoms with Gasteiger partial charge in [0, 0.05) is 19.3 Å². The summed E-state index contributed by atoms with van der Waals surface area (Å²) in [6.45, 7) is 1.38. The molecule has 0 spiro atoms. The Morgan fingerprint density at radius 3 is 3.28 bits per heavy atom. The van der Waals surface area contributed by atoms with Crippen LogP contribution in [0.15, 0.2) is 23.4 Å². The lowest BCUT2D eigenvalue weighted by molar-refractivity contribution is -0.0448. The molecule has 1 aromatic heterocycles. The standard InChI is InChI=1S/C12H16N2O3S/c1-18-11-10(3-2-4-13-11)12(16)14-5-6-17-9(7-14)8-15/h2-4,9,15H,5-8H2,1H3. The van der Waals surface area contributed by atoms with Gasteiger partial charge in [0.1, 0.15) is 5.03 Å². The number of morpholine rings is 1. The van der Waals surface area contributed by atoms with Crippen molar-refractivity contribution < 1.29 is 14.6 Å². The Labute approximate surface area is 110 Å². The number of hydrogen-bond donors (Lipinski definition) is 1. The first-order valence-corrected chi connectivity index (χ1v) is 6.99. The van der Waals surface area contributed by atoms with Crippen molar-refractivity contribution in [2.24, 2.45) is 0 Å². The monoisotopic (exact) mass is 268 g/mol. The Morgan fingerprint density at radius 2 is 2.56 bits per heavy atom. The maximum absolute atomic E-state index is 12.4. The van der Waals surface area contributed by atoms with E-state index in [4.69, 9.17) is 9.84 Å². The third-order valence-corrected chi connectivity index (χ3v) is 3.54. The molecule has 1 unspecified atom stereocenters. The molecule has 1 aliphatic heterocycles. The highest BCUT2D eigenvalue weighted by Crippen LogP contribution is 2.19. The van der Waals surface area contributed by atoms with Crippen LogP contribution in [0.1, 0.15) is 10.4 Å². The molecular formula is C12H16N2O3S. The van der Waals surface area contributed by atoms with Gasteiger partial charge in [0.2, 0.25) is 0 Å². The van der Waals surface area contributed by atoms with Gasteiger partial charge in [0.25, 0.3) is 5.91 Å². The van der Waals surface area contributed by atoms with Crippen LogP contribution in [0.3, 0.4) is 0 Å². The summed E-state index contributed by atoms with van der Waals surface area (Å²) >= 11 is 1.46. The Bertz CT molecular complexity index is 428. The second-order valence-corrected chi connectivity index (χ2v) is 4.78. The fraction of sp³-hybridized carbons (Fsp3) is 0.500. The lowest BCUT2D eigenvalue weighted by Crippen LogP contribution is -2.47. The Morgan fingerprint density at radius 1 is 1.72 bits per heavy atom. The topological polar surface area (TPSA) is 62.7 Å². The number of aromatic nitrogens is 1. The first kappa shape index (κ1) is 13.3. The van der Waals surface area contributed by atoms with Crippen molar-refractivity contribution >= 4 is 17.7 Å².